The largest absolute Gasteiger partial charge is 1.00 e. The fourth-order valence-electron chi connectivity index (χ4n) is 2.40. The zero-order chi connectivity index (χ0) is 8.43. The van der Waals surface area contributed by atoms with Crippen LogP contribution in [0, 0.1) is 17.8 Å². The normalized spacial score (nSPS) is 36.3. The molecule has 3 atom stereocenters. The smallest absolute Gasteiger partial charge is 1.00 e. The van der Waals surface area contributed by atoms with Gasteiger partial charge in [0.15, 0.2) is 0 Å². The van der Waals surface area contributed by atoms with Crippen molar-refractivity contribution in [3.05, 3.63) is 0 Å². The summed E-state index contributed by atoms with van der Waals surface area (Å²) >= 11 is 2.23. The Kier molecular flexibility index (Phi) is 6.48. The van der Waals surface area contributed by atoms with Gasteiger partial charge >= 0.3 is 83.5 Å². The maximum Gasteiger partial charge on any atom is -1.00 e. The minimum atomic E-state index is 0. The van der Waals surface area contributed by atoms with Gasteiger partial charge in [-0.15, -0.1) is 0 Å². The second kappa shape index (κ2) is 5.87. The number of hydrogen-bond donors (Lipinski definition) is 0. The molecule has 0 nitrogen and oxygen atoms in total. The van der Waals surface area contributed by atoms with Crippen LogP contribution in [0.1, 0.15) is 40.0 Å². The first-order valence-electron chi connectivity index (χ1n) is 4.94. The SMILES string of the molecule is CC1CCC(C(C)C)[CH]([Mg+])C1.[Br-]. The third-order valence-electron chi connectivity index (χ3n) is 3.16. The molecule has 1 aliphatic rings. The molecule has 1 saturated carbocycles. The molecule has 0 aromatic rings. The quantitative estimate of drug-likeness (QED) is 0.571. The summed E-state index contributed by atoms with van der Waals surface area (Å²) < 4.78 is 0.999. The fraction of sp³-hybridized carbons (Fsp3) is 1.00. The van der Waals surface area contributed by atoms with E-state index < -0.39 is 0 Å². The molecule has 0 amide bonds. The van der Waals surface area contributed by atoms with E-state index in [0.29, 0.717) is 0 Å². The van der Waals surface area contributed by atoms with Crippen molar-refractivity contribution < 1.29 is 17.0 Å². The average molecular weight is 243 g/mol. The van der Waals surface area contributed by atoms with Gasteiger partial charge in [0, 0.05) is 0 Å². The van der Waals surface area contributed by atoms with Gasteiger partial charge in [0.05, 0.1) is 0 Å². The maximum absolute atomic E-state index is 2.40. The number of hydrogen-bond acceptors (Lipinski definition) is 0. The van der Waals surface area contributed by atoms with Crippen LogP contribution in [-0.2, 0) is 0 Å². The van der Waals surface area contributed by atoms with Gasteiger partial charge in [0.25, 0.3) is 0 Å². The molecule has 2 heteroatoms. The van der Waals surface area contributed by atoms with E-state index in [4.69, 9.17) is 0 Å². The Labute approximate surface area is 100 Å². The molecule has 0 bridgehead atoms. The summed E-state index contributed by atoms with van der Waals surface area (Å²) in [7, 11) is 0. The van der Waals surface area contributed by atoms with E-state index in [0.717, 1.165) is 21.8 Å². The van der Waals surface area contributed by atoms with E-state index in [1.807, 2.05) is 0 Å². The Morgan fingerprint density at radius 2 is 1.83 bits per heavy atom. The van der Waals surface area contributed by atoms with E-state index in [1.165, 1.54) is 19.3 Å². The van der Waals surface area contributed by atoms with Gasteiger partial charge < -0.3 is 17.0 Å². The Morgan fingerprint density at radius 3 is 2.25 bits per heavy atom. The van der Waals surface area contributed by atoms with Crippen LogP contribution >= 0.6 is 0 Å². The van der Waals surface area contributed by atoms with Gasteiger partial charge in [-0.05, 0) is 0 Å². The fourth-order valence-corrected chi connectivity index (χ4v) is 3.75. The summed E-state index contributed by atoms with van der Waals surface area (Å²) in [4.78, 5) is 0. The summed E-state index contributed by atoms with van der Waals surface area (Å²) in [6.45, 7) is 7.15. The van der Waals surface area contributed by atoms with Crippen molar-refractivity contribution >= 4 is 21.7 Å². The molecule has 0 aromatic carbocycles. The zero-order valence-electron chi connectivity index (χ0n) is 8.52. The second-order valence-electron chi connectivity index (χ2n) is 4.59. The Bertz CT molecular complexity index is 125. The van der Waals surface area contributed by atoms with Crippen molar-refractivity contribution in [2.75, 3.05) is 0 Å². The van der Waals surface area contributed by atoms with Crippen molar-refractivity contribution in [1.82, 2.24) is 0 Å². The maximum atomic E-state index is 2.40. The molecule has 0 spiro atoms. The molecule has 1 fully saturated rings. The van der Waals surface area contributed by atoms with Crippen LogP contribution in [0.15, 0.2) is 0 Å². The molecular formula is C10H19BrMg. The first-order chi connectivity index (χ1) is 5.11. The molecule has 0 radical (unpaired) electrons. The summed E-state index contributed by atoms with van der Waals surface area (Å²) in [6, 6.07) is 0. The van der Waals surface area contributed by atoms with Gasteiger partial charge in [-0.1, -0.05) is 0 Å². The van der Waals surface area contributed by atoms with Gasteiger partial charge in [-0.3, -0.25) is 0 Å². The number of halogens is 1. The molecular weight excluding hydrogens is 224 g/mol. The zero-order valence-corrected chi connectivity index (χ0v) is 11.5. The first kappa shape index (κ1) is 13.2. The van der Waals surface area contributed by atoms with Gasteiger partial charge in [-0.25, -0.2) is 0 Å². The van der Waals surface area contributed by atoms with Crippen LogP contribution in [0.4, 0.5) is 0 Å². The van der Waals surface area contributed by atoms with E-state index in [9.17, 15) is 0 Å². The molecule has 0 N–H and O–H groups in total. The minimum Gasteiger partial charge on any atom is -1.00 e. The van der Waals surface area contributed by atoms with E-state index in [-0.39, 0.29) is 17.0 Å². The van der Waals surface area contributed by atoms with Crippen molar-refractivity contribution in [3.63, 3.8) is 0 Å². The van der Waals surface area contributed by atoms with Crippen molar-refractivity contribution in [1.29, 1.82) is 0 Å². The van der Waals surface area contributed by atoms with Crippen LogP contribution in [0.5, 0.6) is 0 Å². The Morgan fingerprint density at radius 1 is 1.25 bits per heavy atom. The van der Waals surface area contributed by atoms with Gasteiger partial charge in [0.1, 0.15) is 0 Å². The molecule has 0 saturated heterocycles. The van der Waals surface area contributed by atoms with Crippen LogP contribution in [-0.4, -0.2) is 21.7 Å². The Hall–Kier alpha value is 1.25. The van der Waals surface area contributed by atoms with Crippen molar-refractivity contribution in [3.8, 4) is 0 Å². The van der Waals surface area contributed by atoms with E-state index >= 15 is 0 Å². The predicted molar refractivity (Wildman–Crippen MR) is 50.8 cm³/mol. The molecule has 1 rings (SSSR count). The third-order valence-corrected chi connectivity index (χ3v) is 4.10. The third kappa shape index (κ3) is 3.55. The predicted octanol–water partition coefficient (Wildman–Crippen LogP) is 0.0396. The monoisotopic (exact) mass is 242 g/mol. The van der Waals surface area contributed by atoms with Gasteiger partial charge in [-0.2, -0.15) is 0 Å². The first-order valence-corrected chi connectivity index (χ1v) is 5.76. The van der Waals surface area contributed by atoms with Crippen LogP contribution in [0.3, 0.4) is 0 Å². The van der Waals surface area contributed by atoms with Crippen LogP contribution in [0.2, 0.25) is 4.05 Å². The summed E-state index contributed by atoms with van der Waals surface area (Å²) in [5.41, 5.74) is 0. The number of rotatable bonds is 1. The Balaban J connectivity index is 0.00000121. The van der Waals surface area contributed by atoms with Crippen LogP contribution < -0.4 is 17.0 Å². The standard InChI is InChI=1S/C10H19.BrH.Mg/c1-8(2)10-6-4-9(3)5-7-10;;/h6,8-10H,4-5,7H2,1-3H3;1H;/q;;+1/p-1. The molecule has 0 aromatic heterocycles. The molecule has 12 heavy (non-hydrogen) atoms. The summed E-state index contributed by atoms with van der Waals surface area (Å²) in [5.74, 6) is 2.92. The minimum absolute atomic E-state index is 0. The topological polar surface area (TPSA) is 0 Å². The van der Waals surface area contributed by atoms with E-state index in [1.54, 1.807) is 0 Å². The second-order valence-corrected chi connectivity index (χ2v) is 5.63. The summed E-state index contributed by atoms with van der Waals surface area (Å²) in [6.07, 6.45) is 4.42. The molecule has 1 aliphatic carbocycles. The van der Waals surface area contributed by atoms with Crippen LogP contribution in [0.25, 0.3) is 0 Å². The van der Waals surface area contributed by atoms with Crippen molar-refractivity contribution in [2.24, 2.45) is 17.8 Å². The van der Waals surface area contributed by atoms with Crippen molar-refractivity contribution in [2.45, 2.75) is 44.1 Å². The molecule has 3 unspecified atom stereocenters. The van der Waals surface area contributed by atoms with Gasteiger partial charge in [0.2, 0.25) is 0 Å². The average Bonchev–Trinajstić information content (AvgIpc) is 1.85. The molecule has 68 valence electrons. The summed E-state index contributed by atoms with van der Waals surface area (Å²) in [5, 5.41) is 0. The molecule has 0 heterocycles. The van der Waals surface area contributed by atoms with E-state index in [2.05, 4.69) is 42.5 Å². The molecule has 0 aliphatic heterocycles.